The van der Waals surface area contributed by atoms with Crippen LogP contribution in [0.15, 0.2) is 24.8 Å². The van der Waals surface area contributed by atoms with Gasteiger partial charge in [0.1, 0.15) is 0 Å². The van der Waals surface area contributed by atoms with Crippen molar-refractivity contribution in [3.63, 3.8) is 0 Å². The number of halogens is 1. The summed E-state index contributed by atoms with van der Waals surface area (Å²) in [5.74, 6) is -1.63. The van der Waals surface area contributed by atoms with Gasteiger partial charge >= 0.3 is 5.97 Å². The second kappa shape index (κ2) is 4.53. The molecule has 0 aromatic carbocycles. The Hall–Kier alpha value is -3.10. The topological polar surface area (TPSA) is 103 Å². The fourth-order valence-corrected chi connectivity index (χ4v) is 1.77. The van der Waals surface area contributed by atoms with Crippen molar-refractivity contribution in [2.75, 3.05) is 0 Å². The van der Waals surface area contributed by atoms with E-state index in [2.05, 4.69) is 20.3 Å². The standard InChI is InChI=1S/C11H6FN5O3/c12-6-3-14-11(17-2-1-15-16-17)10-9(6)7(4-13-10)20-8(19)5-18/h1-5,13H. The summed E-state index contributed by atoms with van der Waals surface area (Å²) in [6.07, 6.45) is 5.18. The molecule has 0 aliphatic heterocycles. The van der Waals surface area contributed by atoms with Crippen LogP contribution in [0.4, 0.5) is 4.39 Å². The maximum atomic E-state index is 13.8. The van der Waals surface area contributed by atoms with Crippen LogP contribution in [0, 0.1) is 5.82 Å². The first-order chi connectivity index (χ1) is 9.70. The molecule has 3 aromatic rings. The highest BCUT2D eigenvalue weighted by Crippen LogP contribution is 2.30. The van der Waals surface area contributed by atoms with Crippen LogP contribution >= 0.6 is 0 Å². The van der Waals surface area contributed by atoms with E-state index in [9.17, 15) is 14.0 Å². The van der Waals surface area contributed by atoms with E-state index in [1.165, 1.54) is 23.3 Å². The first kappa shape index (κ1) is 12.0. The van der Waals surface area contributed by atoms with Crippen molar-refractivity contribution < 1.29 is 18.7 Å². The lowest BCUT2D eigenvalue weighted by molar-refractivity contribution is -0.141. The number of nitrogens with zero attached hydrogens (tertiary/aromatic N) is 4. The molecule has 0 aliphatic rings. The summed E-state index contributed by atoms with van der Waals surface area (Å²) in [5.41, 5.74) is 0.268. The Morgan fingerprint density at radius 1 is 1.50 bits per heavy atom. The van der Waals surface area contributed by atoms with Gasteiger partial charge in [-0.3, -0.25) is 4.79 Å². The lowest BCUT2D eigenvalue weighted by Gasteiger charge is -2.03. The summed E-state index contributed by atoms with van der Waals surface area (Å²) in [6.45, 7) is 0. The van der Waals surface area contributed by atoms with Gasteiger partial charge < -0.3 is 9.72 Å². The number of aldehydes is 1. The molecule has 0 fully saturated rings. The molecule has 0 saturated carbocycles. The molecular formula is C11H6FN5O3. The highest BCUT2D eigenvalue weighted by Gasteiger charge is 2.18. The number of esters is 1. The second-order valence-electron chi connectivity index (χ2n) is 3.72. The van der Waals surface area contributed by atoms with Gasteiger partial charge in [0.2, 0.25) is 6.29 Å². The minimum absolute atomic E-state index is 0.000648. The minimum Gasteiger partial charge on any atom is -0.419 e. The van der Waals surface area contributed by atoms with Gasteiger partial charge in [-0.2, -0.15) is 0 Å². The molecule has 3 heterocycles. The molecule has 0 atom stereocenters. The van der Waals surface area contributed by atoms with E-state index in [1.807, 2.05) is 0 Å². The summed E-state index contributed by atoms with van der Waals surface area (Å²) in [7, 11) is 0. The fourth-order valence-electron chi connectivity index (χ4n) is 1.77. The molecule has 3 rings (SSSR count). The average Bonchev–Trinajstić information content (AvgIpc) is 3.09. The Bertz CT molecular complexity index is 796. The predicted octanol–water partition coefficient (Wildman–Crippen LogP) is 0.387. The third kappa shape index (κ3) is 1.81. The van der Waals surface area contributed by atoms with E-state index in [0.717, 1.165) is 6.20 Å². The molecule has 1 N–H and O–H groups in total. The summed E-state index contributed by atoms with van der Waals surface area (Å²) >= 11 is 0. The molecule has 100 valence electrons. The van der Waals surface area contributed by atoms with Crippen LogP contribution in [0.5, 0.6) is 5.75 Å². The van der Waals surface area contributed by atoms with Gasteiger partial charge in [-0.05, 0) is 0 Å². The zero-order valence-corrected chi connectivity index (χ0v) is 9.78. The van der Waals surface area contributed by atoms with Crippen LogP contribution < -0.4 is 4.74 Å². The molecule has 0 amide bonds. The maximum Gasteiger partial charge on any atom is 0.376 e. The molecule has 0 bridgehead atoms. The molecule has 0 saturated heterocycles. The van der Waals surface area contributed by atoms with E-state index in [1.54, 1.807) is 0 Å². The predicted molar refractivity (Wildman–Crippen MR) is 62.7 cm³/mol. The van der Waals surface area contributed by atoms with Crippen LogP contribution in [0.3, 0.4) is 0 Å². The summed E-state index contributed by atoms with van der Waals surface area (Å²) in [6, 6.07) is 0. The van der Waals surface area contributed by atoms with E-state index >= 15 is 0 Å². The molecule has 0 radical (unpaired) electrons. The molecular weight excluding hydrogens is 269 g/mol. The van der Waals surface area contributed by atoms with Crippen molar-refractivity contribution in [3.8, 4) is 11.6 Å². The number of hydrogen-bond acceptors (Lipinski definition) is 6. The van der Waals surface area contributed by atoms with Gasteiger partial charge in [0.25, 0.3) is 0 Å². The van der Waals surface area contributed by atoms with Gasteiger partial charge in [-0.15, -0.1) is 5.10 Å². The SMILES string of the molecule is O=CC(=O)Oc1c[nH]c2c(-n3ccnn3)ncc(F)c12. The van der Waals surface area contributed by atoms with Crippen molar-refractivity contribution in [3.05, 3.63) is 30.6 Å². The number of fused-ring (bicyclic) bond motifs is 1. The third-order valence-corrected chi connectivity index (χ3v) is 2.55. The first-order valence-corrected chi connectivity index (χ1v) is 5.40. The van der Waals surface area contributed by atoms with Crippen molar-refractivity contribution in [2.45, 2.75) is 0 Å². The Labute approximate surface area is 110 Å². The molecule has 3 aromatic heterocycles. The number of rotatable bonds is 3. The Balaban J connectivity index is 2.20. The van der Waals surface area contributed by atoms with Crippen molar-refractivity contribution >= 4 is 23.2 Å². The first-order valence-electron chi connectivity index (χ1n) is 5.40. The Kier molecular flexibility index (Phi) is 2.71. The molecule has 8 nitrogen and oxygen atoms in total. The van der Waals surface area contributed by atoms with Gasteiger partial charge in [0, 0.05) is 6.20 Å². The normalized spacial score (nSPS) is 10.7. The van der Waals surface area contributed by atoms with Crippen molar-refractivity contribution in [1.82, 2.24) is 25.0 Å². The largest absolute Gasteiger partial charge is 0.419 e. The molecule has 20 heavy (non-hydrogen) atoms. The maximum absolute atomic E-state index is 13.8. The number of aromatic nitrogens is 5. The van der Waals surface area contributed by atoms with Crippen LogP contribution in [0.25, 0.3) is 16.7 Å². The van der Waals surface area contributed by atoms with Gasteiger partial charge in [-0.25, -0.2) is 18.9 Å². The monoisotopic (exact) mass is 275 g/mol. The quantitative estimate of drug-likeness (QED) is 0.421. The third-order valence-electron chi connectivity index (χ3n) is 2.55. The molecule has 0 aliphatic carbocycles. The fraction of sp³-hybridized carbons (Fsp3) is 0. The van der Waals surface area contributed by atoms with Crippen LogP contribution in [0.2, 0.25) is 0 Å². The van der Waals surface area contributed by atoms with Gasteiger partial charge in [0.05, 0.1) is 29.5 Å². The molecule has 0 spiro atoms. The molecule has 0 unspecified atom stereocenters. The number of H-pyrrole nitrogens is 1. The van der Waals surface area contributed by atoms with Crippen LogP contribution in [-0.4, -0.2) is 37.2 Å². The van der Waals surface area contributed by atoms with E-state index in [4.69, 9.17) is 4.74 Å². The van der Waals surface area contributed by atoms with Crippen molar-refractivity contribution in [1.29, 1.82) is 0 Å². The van der Waals surface area contributed by atoms with Crippen LogP contribution in [0.1, 0.15) is 0 Å². The summed E-state index contributed by atoms with van der Waals surface area (Å²) < 4.78 is 19.9. The van der Waals surface area contributed by atoms with E-state index < -0.39 is 11.8 Å². The summed E-state index contributed by atoms with van der Waals surface area (Å²) in [4.78, 5) is 27.9. The lowest BCUT2D eigenvalue weighted by Crippen LogP contribution is -2.08. The number of ether oxygens (including phenoxy) is 1. The zero-order chi connectivity index (χ0) is 14.1. The number of nitrogens with one attached hydrogen (secondary N) is 1. The average molecular weight is 275 g/mol. The highest BCUT2D eigenvalue weighted by atomic mass is 19.1. The van der Waals surface area contributed by atoms with Gasteiger partial charge in [0.15, 0.2) is 17.4 Å². The lowest BCUT2D eigenvalue weighted by atomic mass is 10.3. The Morgan fingerprint density at radius 3 is 3.05 bits per heavy atom. The van der Waals surface area contributed by atoms with E-state index in [0.29, 0.717) is 0 Å². The number of carbonyl (C=O) groups is 2. The van der Waals surface area contributed by atoms with Crippen molar-refractivity contribution in [2.24, 2.45) is 0 Å². The summed E-state index contributed by atoms with van der Waals surface area (Å²) in [5, 5.41) is 7.38. The number of pyridine rings is 1. The Morgan fingerprint density at radius 2 is 2.35 bits per heavy atom. The second-order valence-corrected chi connectivity index (χ2v) is 3.72. The molecule has 9 heteroatoms. The van der Waals surface area contributed by atoms with E-state index in [-0.39, 0.29) is 28.8 Å². The number of carbonyl (C=O) groups excluding carboxylic acids is 2. The number of aromatic amines is 1. The van der Waals surface area contributed by atoms with Gasteiger partial charge in [-0.1, -0.05) is 5.21 Å². The highest BCUT2D eigenvalue weighted by molar-refractivity contribution is 6.21. The smallest absolute Gasteiger partial charge is 0.376 e. The zero-order valence-electron chi connectivity index (χ0n) is 9.78. The minimum atomic E-state index is -1.12. The number of hydrogen-bond donors (Lipinski definition) is 1. The van der Waals surface area contributed by atoms with Crippen LogP contribution in [-0.2, 0) is 9.59 Å².